The van der Waals surface area contributed by atoms with Gasteiger partial charge in [0.25, 0.3) is 5.91 Å². The van der Waals surface area contributed by atoms with Crippen LogP contribution >= 0.6 is 23.4 Å². The van der Waals surface area contributed by atoms with Crippen molar-refractivity contribution in [2.24, 2.45) is 5.92 Å². The third-order valence-electron chi connectivity index (χ3n) is 6.79. The molecule has 0 atom stereocenters. The van der Waals surface area contributed by atoms with Crippen LogP contribution in [0.5, 0.6) is 0 Å². The molecule has 0 spiro atoms. The number of amides is 1. The fraction of sp³-hybridized carbons (Fsp3) is 0.281. The molecule has 0 saturated carbocycles. The SMILES string of the molecule is CC(C)CNC(=O)c1cccc(CSc2nc(-c3ccccc3)cc(N3CCN(c4ccccc4Cl)CC3)n2)c1. The molecule has 1 amide bonds. The number of rotatable bonds is 9. The molecule has 40 heavy (non-hydrogen) atoms. The van der Waals surface area contributed by atoms with E-state index in [2.05, 4.69) is 53.2 Å². The van der Waals surface area contributed by atoms with Crippen LogP contribution < -0.4 is 15.1 Å². The van der Waals surface area contributed by atoms with Crippen LogP contribution in [0.1, 0.15) is 29.8 Å². The molecule has 1 N–H and O–H groups in total. The van der Waals surface area contributed by atoms with Crippen molar-refractivity contribution in [1.82, 2.24) is 15.3 Å². The molecule has 5 rings (SSSR count). The Balaban J connectivity index is 1.33. The molecule has 2 heterocycles. The Kier molecular flexibility index (Phi) is 9.24. The molecular weight excluding hydrogens is 538 g/mol. The lowest BCUT2D eigenvalue weighted by Crippen LogP contribution is -2.47. The van der Waals surface area contributed by atoms with Crippen LogP contribution in [0, 0.1) is 5.92 Å². The fourth-order valence-electron chi connectivity index (χ4n) is 4.63. The second-order valence-corrected chi connectivity index (χ2v) is 11.6. The maximum Gasteiger partial charge on any atom is 0.251 e. The van der Waals surface area contributed by atoms with Gasteiger partial charge >= 0.3 is 0 Å². The zero-order chi connectivity index (χ0) is 27.9. The first-order valence-electron chi connectivity index (χ1n) is 13.6. The number of carbonyl (C=O) groups excluding carboxylic acids is 1. The summed E-state index contributed by atoms with van der Waals surface area (Å²) in [6, 6.07) is 28.1. The first kappa shape index (κ1) is 28.0. The van der Waals surface area contributed by atoms with Crippen LogP contribution in [0.2, 0.25) is 5.02 Å². The molecule has 0 bridgehead atoms. The maximum absolute atomic E-state index is 12.6. The average Bonchev–Trinajstić information content (AvgIpc) is 2.99. The first-order chi connectivity index (χ1) is 19.5. The summed E-state index contributed by atoms with van der Waals surface area (Å²) in [4.78, 5) is 27.1. The van der Waals surface area contributed by atoms with E-state index in [1.165, 1.54) is 0 Å². The van der Waals surface area contributed by atoms with Crippen molar-refractivity contribution in [2.75, 3.05) is 42.5 Å². The first-order valence-corrected chi connectivity index (χ1v) is 15.0. The number of nitrogens with zero attached hydrogens (tertiary/aromatic N) is 4. The molecule has 0 aliphatic carbocycles. The van der Waals surface area contributed by atoms with E-state index in [4.69, 9.17) is 21.6 Å². The molecular formula is C32H34ClN5OS. The van der Waals surface area contributed by atoms with Gasteiger partial charge in [-0.05, 0) is 35.7 Å². The number of hydrogen-bond donors (Lipinski definition) is 1. The number of thioether (sulfide) groups is 1. The van der Waals surface area contributed by atoms with E-state index >= 15 is 0 Å². The zero-order valence-electron chi connectivity index (χ0n) is 22.9. The Hall–Kier alpha value is -3.55. The number of carbonyl (C=O) groups is 1. The van der Waals surface area contributed by atoms with Gasteiger partial charge in [-0.25, -0.2) is 9.97 Å². The maximum atomic E-state index is 12.6. The van der Waals surface area contributed by atoms with E-state index in [1.54, 1.807) is 11.8 Å². The summed E-state index contributed by atoms with van der Waals surface area (Å²) >= 11 is 8.05. The Bertz CT molecular complexity index is 1440. The molecule has 206 valence electrons. The number of hydrogen-bond acceptors (Lipinski definition) is 6. The lowest BCUT2D eigenvalue weighted by molar-refractivity contribution is 0.0949. The van der Waals surface area contributed by atoms with Crippen molar-refractivity contribution < 1.29 is 4.79 Å². The number of anilines is 2. The van der Waals surface area contributed by atoms with E-state index in [9.17, 15) is 4.79 Å². The van der Waals surface area contributed by atoms with Crippen molar-refractivity contribution in [3.63, 3.8) is 0 Å². The summed E-state index contributed by atoms with van der Waals surface area (Å²) in [5, 5.41) is 4.50. The van der Waals surface area contributed by atoms with Gasteiger partial charge in [-0.15, -0.1) is 0 Å². The number of piperazine rings is 1. The Morgan fingerprint density at radius 3 is 2.38 bits per heavy atom. The summed E-state index contributed by atoms with van der Waals surface area (Å²) in [5.41, 5.74) is 4.78. The summed E-state index contributed by atoms with van der Waals surface area (Å²) in [6.07, 6.45) is 0. The molecule has 0 unspecified atom stereocenters. The third-order valence-corrected chi connectivity index (χ3v) is 8.02. The van der Waals surface area contributed by atoms with Gasteiger partial charge in [-0.2, -0.15) is 0 Å². The molecule has 6 nitrogen and oxygen atoms in total. The third kappa shape index (κ3) is 7.14. The van der Waals surface area contributed by atoms with Gasteiger partial charge in [0.1, 0.15) is 5.82 Å². The minimum absolute atomic E-state index is 0.0407. The highest BCUT2D eigenvalue weighted by atomic mass is 35.5. The predicted molar refractivity (Wildman–Crippen MR) is 167 cm³/mol. The summed E-state index contributed by atoms with van der Waals surface area (Å²) in [5.74, 6) is 1.96. The summed E-state index contributed by atoms with van der Waals surface area (Å²) in [6.45, 7) is 8.24. The van der Waals surface area contributed by atoms with Gasteiger partial charge in [0.05, 0.1) is 16.4 Å². The smallest absolute Gasteiger partial charge is 0.251 e. The van der Waals surface area contributed by atoms with Crippen molar-refractivity contribution >= 4 is 40.8 Å². The molecule has 0 radical (unpaired) electrons. The van der Waals surface area contributed by atoms with Crippen LogP contribution in [0.25, 0.3) is 11.3 Å². The second-order valence-electron chi connectivity index (χ2n) is 10.3. The van der Waals surface area contributed by atoms with E-state index in [0.717, 1.165) is 64.7 Å². The second kappa shape index (κ2) is 13.2. The van der Waals surface area contributed by atoms with E-state index < -0.39 is 0 Å². The van der Waals surface area contributed by atoms with Gasteiger partial charge in [0.2, 0.25) is 0 Å². The molecule has 1 aromatic heterocycles. The predicted octanol–water partition coefficient (Wildman–Crippen LogP) is 6.80. The average molecular weight is 572 g/mol. The van der Waals surface area contributed by atoms with Crippen molar-refractivity contribution in [1.29, 1.82) is 0 Å². The normalized spacial score (nSPS) is 13.5. The number of nitrogens with one attached hydrogen (secondary N) is 1. The van der Waals surface area contributed by atoms with Gasteiger partial charge in [0.15, 0.2) is 5.16 Å². The molecule has 3 aromatic carbocycles. The largest absolute Gasteiger partial charge is 0.367 e. The van der Waals surface area contributed by atoms with E-state index in [1.807, 2.05) is 60.7 Å². The quantitative estimate of drug-likeness (QED) is 0.176. The Labute approximate surface area is 245 Å². The topological polar surface area (TPSA) is 61.4 Å². The monoisotopic (exact) mass is 571 g/mol. The van der Waals surface area contributed by atoms with Crippen molar-refractivity contribution in [3.8, 4) is 11.3 Å². The van der Waals surface area contributed by atoms with Gasteiger partial charge in [0, 0.05) is 55.7 Å². The van der Waals surface area contributed by atoms with E-state index in [0.29, 0.717) is 23.8 Å². The van der Waals surface area contributed by atoms with Gasteiger partial charge < -0.3 is 15.1 Å². The van der Waals surface area contributed by atoms with E-state index in [-0.39, 0.29) is 5.91 Å². The van der Waals surface area contributed by atoms with Crippen LogP contribution in [0.15, 0.2) is 90.1 Å². The number of para-hydroxylation sites is 1. The molecule has 1 fully saturated rings. The van der Waals surface area contributed by atoms with Crippen molar-refractivity contribution in [3.05, 3.63) is 101 Å². The highest BCUT2D eigenvalue weighted by molar-refractivity contribution is 7.98. The number of halogens is 1. The van der Waals surface area contributed by atoms with Crippen LogP contribution in [0.3, 0.4) is 0 Å². The van der Waals surface area contributed by atoms with Crippen LogP contribution in [-0.4, -0.2) is 48.6 Å². The minimum Gasteiger partial charge on any atom is -0.367 e. The highest BCUT2D eigenvalue weighted by Crippen LogP contribution is 2.30. The Morgan fingerprint density at radius 1 is 0.900 bits per heavy atom. The van der Waals surface area contributed by atoms with Gasteiger partial charge in [-0.1, -0.05) is 91.8 Å². The highest BCUT2D eigenvalue weighted by Gasteiger charge is 2.21. The zero-order valence-corrected chi connectivity index (χ0v) is 24.5. The fourth-order valence-corrected chi connectivity index (χ4v) is 5.68. The standard InChI is InChI=1S/C32H34ClN5OS/c1-23(2)21-34-31(39)26-12-8-9-24(19-26)22-40-32-35-28(25-10-4-3-5-11-25)20-30(36-32)38-17-15-37(16-18-38)29-14-7-6-13-27(29)33/h3-14,19-20,23H,15-18,21-22H2,1-2H3,(H,34,39). The number of benzene rings is 3. The molecule has 1 aliphatic heterocycles. The summed E-state index contributed by atoms with van der Waals surface area (Å²) in [7, 11) is 0. The lowest BCUT2D eigenvalue weighted by atomic mass is 10.1. The molecule has 4 aromatic rings. The molecule has 1 saturated heterocycles. The summed E-state index contributed by atoms with van der Waals surface area (Å²) < 4.78 is 0. The lowest BCUT2D eigenvalue weighted by Gasteiger charge is -2.37. The Morgan fingerprint density at radius 2 is 1.62 bits per heavy atom. The number of aromatic nitrogens is 2. The van der Waals surface area contributed by atoms with Crippen LogP contribution in [0.4, 0.5) is 11.5 Å². The van der Waals surface area contributed by atoms with Crippen molar-refractivity contribution in [2.45, 2.75) is 24.8 Å². The molecule has 8 heteroatoms. The minimum atomic E-state index is -0.0407. The van der Waals surface area contributed by atoms with Crippen LogP contribution in [-0.2, 0) is 5.75 Å². The van der Waals surface area contributed by atoms with Gasteiger partial charge in [-0.3, -0.25) is 4.79 Å². The molecule has 1 aliphatic rings.